The lowest BCUT2D eigenvalue weighted by Crippen LogP contribution is -2.38. The molecule has 5 heteroatoms. The Morgan fingerprint density at radius 2 is 1.86 bits per heavy atom. The molecule has 3 rings (SSSR count). The highest BCUT2D eigenvalue weighted by Crippen LogP contribution is 2.18. The maximum atomic E-state index is 12.4. The monoisotopic (exact) mass is 310 g/mol. The second-order valence-electron chi connectivity index (χ2n) is 4.74. The van der Waals surface area contributed by atoms with E-state index in [0.717, 1.165) is 16.5 Å². The van der Waals surface area contributed by atoms with E-state index < -0.39 is 0 Å². The second-order valence-corrected chi connectivity index (χ2v) is 5.15. The number of amides is 1. The molecule has 0 atom stereocenters. The zero-order valence-electron chi connectivity index (χ0n) is 11.7. The van der Waals surface area contributed by atoms with Crippen molar-refractivity contribution in [2.75, 3.05) is 0 Å². The van der Waals surface area contributed by atoms with Gasteiger partial charge in [0.2, 0.25) is 0 Å². The van der Waals surface area contributed by atoms with Crippen LogP contribution in [-0.4, -0.2) is 11.0 Å². The van der Waals surface area contributed by atoms with Gasteiger partial charge >= 0.3 is 0 Å². The molecule has 0 aliphatic heterocycles. The van der Waals surface area contributed by atoms with E-state index in [-0.39, 0.29) is 11.0 Å². The number of hydrogen-bond acceptors (Lipinski definition) is 3. The van der Waals surface area contributed by atoms with Crippen LogP contribution in [0.2, 0.25) is 0 Å². The number of thiocarbonyl (C=S) groups is 1. The predicted molar refractivity (Wildman–Crippen MR) is 89.6 cm³/mol. The molecule has 0 saturated carbocycles. The highest BCUT2D eigenvalue weighted by Gasteiger charge is 2.11. The molecule has 0 bridgehead atoms. The molecule has 3 aromatic rings. The summed E-state index contributed by atoms with van der Waals surface area (Å²) in [5, 5.41) is 7.82. The quantitative estimate of drug-likeness (QED) is 0.729. The maximum Gasteiger partial charge on any atom is 0.258 e. The van der Waals surface area contributed by atoms with Gasteiger partial charge in [-0.15, -0.1) is 0 Å². The summed E-state index contributed by atoms with van der Waals surface area (Å²) in [7, 11) is 0. The van der Waals surface area contributed by atoms with Crippen LogP contribution in [0.15, 0.2) is 65.3 Å². The van der Waals surface area contributed by atoms with Gasteiger partial charge in [-0.3, -0.25) is 10.1 Å². The van der Waals surface area contributed by atoms with Gasteiger partial charge in [0, 0.05) is 5.56 Å². The van der Waals surface area contributed by atoms with Crippen LogP contribution in [0.3, 0.4) is 0 Å². The van der Waals surface area contributed by atoms with E-state index in [1.54, 1.807) is 18.4 Å². The fourth-order valence-electron chi connectivity index (χ4n) is 2.22. The zero-order chi connectivity index (χ0) is 15.4. The van der Waals surface area contributed by atoms with Crippen molar-refractivity contribution in [2.45, 2.75) is 6.54 Å². The summed E-state index contributed by atoms with van der Waals surface area (Å²) in [6, 6.07) is 17.0. The molecular formula is C17H14N2O2S. The third-order valence-corrected chi connectivity index (χ3v) is 3.51. The van der Waals surface area contributed by atoms with E-state index in [0.29, 0.717) is 12.1 Å². The van der Waals surface area contributed by atoms with Crippen LogP contribution < -0.4 is 10.6 Å². The summed E-state index contributed by atoms with van der Waals surface area (Å²) in [6.07, 6.45) is 1.59. The van der Waals surface area contributed by atoms with Gasteiger partial charge < -0.3 is 9.73 Å². The van der Waals surface area contributed by atoms with Crippen LogP contribution in [0.4, 0.5) is 0 Å². The fourth-order valence-corrected chi connectivity index (χ4v) is 2.38. The smallest absolute Gasteiger partial charge is 0.258 e. The summed E-state index contributed by atoms with van der Waals surface area (Å²) in [5.41, 5.74) is 0.597. The molecule has 0 fully saturated rings. The van der Waals surface area contributed by atoms with Crippen molar-refractivity contribution < 1.29 is 9.21 Å². The molecule has 4 nitrogen and oxygen atoms in total. The van der Waals surface area contributed by atoms with Gasteiger partial charge in [0.25, 0.3) is 5.91 Å². The summed E-state index contributed by atoms with van der Waals surface area (Å²) >= 11 is 5.14. The fraction of sp³-hybridized carbons (Fsp3) is 0.0588. The molecule has 110 valence electrons. The van der Waals surface area contributed by atoms with Crippen molar-refractivity contribution in [2.24, 2.45) is 0 Å². The third-order valence-electron chi connectivity index (χ3n) is 3.26. The van der Waals surface area contributed by atoms with Crippen molar-refractivity contribution in [1.29, 1.82) is 0 Å². The molecule has 2 aromatic carbocycles. The predicted octanol–water partition coefficient (Wildman–Crippen LogP) is 3.24. The standard InChI is InChI=1S/C17H14N2O2S/c20-16(19-17(22)18-11-13-7-4-10-21-13)15-9-3-6-12-5-1-2-8-14(12)15/h1-10H,11H2,(H2,18,19,20,22). The van der Waals surface area contributed by atoms with Crippen LogP contribution in [0.5, 0.6) is 0 Å². The third kappa shape index (κ3) is 3.15. The van der Waals surface area contributed by atoms with Gasteiger partial charge in [-0.25, -0.2) is 0 Å². The van der Waals surface area contributed by atoms with E-state index in [2.05, 4.69) is 10.6 Å². The summed E-state index contributed by atoms with van der Waals surface area (Å²) < 4.78 is 5.20. The number of rotatable bonds is 3. The normalized spacial score (nSPS) is 10.4. The molecule has 1 aromatic heterocycles. The average Bonchev–Trinajstić information content (AvgIpc) is 3.06. The Morgan fingerprint density at radius 1 is 1.05 bits per heavy atom. The van der Waals surface area contributed by atoms with Gasteiger partial charge in [-0.1, -0.05) is 36.4 Å². The lowest BCUT2D eigenvalue weighted by Gasteiger charge is -2.10. The largest absolute Gasteiger partial charge is 0.467 e. The lowest BCUT2D eigenvalue weighted by atomic mass is 10.0. The second kappa shape index (κ2) is 6.41. The zero-order valence-corrected chi connectivity index (χ0v) is 12.5. The Hall–Kier alpha value is -2.66. The first-order valence-electron chi connectivity index (χ1n) is 6.83. The van der Waals surface area contributed by atoms with Gasteiger partial charge in [0.05, 0.1) is 12.8 Å². The number of carbonyl (C=O) groups is 1. The van der Waals surface area contributed by atoms with Gasteiger partial charge in [-0.2, -0.15) is 0 Å². The summed E-state index contributed by atoms with van der Waals surface area (Å²) in [6.45, 7) is 0.432. The Balaban J connectivity index is 1.69. The van der Waals surface area contributed by atoms with E-state index >= 15 is 0 Å². The van der Waals surface area contributed by atoms with Crippen molar-refractivity contribution >= 4 is 34.0 Å². The Kier molecular flexibility index (Phi) is 4.16. The molecule has 0 unspecified atom stereocenters. The Morgan fingerprint density at radius 3 is 2.68 bits per heavy atom. The minimum absolute atomic E-state index is 0.228. The molecule has 0 saturated heterocycles. The number of nitrogens with one attached hydrogen (secondary N) is 2. The first-order valence-corrected chi connectivity index (χ1v) is 7.24. The number of furan rings is 1. The van der Waals surface area contributed by atoms with E-state index in [1.165, 1.54) is 0 Å². The molecule has 2 N–H and O–H groups in total. The van der Waals surface area contributed by atoms with Gasteiger partial charge in [0.15, 0.2) is 5.11 Å². The van der Waals surface area contributed by atoms with E-state index in [1.807, 2.05) is 42.5 Å². The minimum atomic E-state index is -0.228. The number of hydrogen-bond donors (Lipinski definition) is 2. The van der Waals surface area contributed by atoms with Crippen LogP contribution in [0.25, 0.3) is 10.8 Å². The molecule has 1 amide bonds. The number of benzene rings is 2. The van der Waals surface area contributed by atoms with Gasteiger partial charge in [-0.05, 0) is 41.2 Å². The number of fused-ring (bicyclic) bond motifs is 1. The SMILES string of the molecule is O=C(NC(=S)NCc1ccco1)c1cccc2ccccc12. The molecule has 0 radical (unpaired) electrons. The summed E-state index contributed by atoms with van der Waals surface area (Å²) in [4.78, 5) is 12.4. The van der Waals surface area contributed by atoms with Crippen molar-refractivity contribution in [1.82, 2.24) is 10.6 Å². The molecular weight excluding hydrogens is 296 g/mol. The van der Waals surface area contributed by atoms with Crippen molar-refractivity contribution in [3.63, 3.8) is 0 Å². The topological polar surface area (TPSA) is 54.3 Å². The minimum Gasteiger partial charge on any atom is -0.467 e. The maximum absolute atomic E-state index is 12.4. The molecule has 0 aliphatic carbocycles. The molecule has 0 spiro atoms. The van der Waals surface area contributed by atoms with Crippen molar-refractivity contribution in [3.8, 4) is 0 Å². The highest BCUT2D eigenvalue weighted by molar-refractivity contribution is 7.80. The van der Waals surface area contributed by atoms with Crippen LogP contribution >= 0.6 is 12.2 Å². The van der Waals surface area contributed by atoms with Crippen LogP contribution in [0, 0.1) is 0 Å². The Bertz CT molecular complexity index is 807. The van der Waals surface area contributed by atoms with Gasteiger partial charge in [0.1, 0.15) is 5.76 Å². The average molecular weight is 310 g/mol. The van der Waals surface area contributed by atoms with Crippen molar-refractivity contribution in [3.05, 3.63) is 72.2 Å². The molecule has 22 heavy (non-hydrogen) atoms. The highest BCUT2D eigenvalue weighted by atomic mass is 32.1. The Labute approximate surface area is 133 Å². The van der Waals surface area contributed by atoms with Crippen LogP contribution in [-0.2, 0) is 6.54 Å². The van der Waals surface area contributed by atoms with E-state index in [4.69, 9.17) is 16.6 Å². The first-order chi connectivity index (χ1) is 10.7. The van der Waals surface area contributed by atoms with E-state index in [9.17, 15) is 4.79 Å². The lowest BCUT2D eigenvalue weighted by molar-refractivity contribution is 0.0978. The first kappa shape index (κ1) is 14.3. The van der Waals surface area contributed by atoms with Crippen LogP contribution in [0.1, 0.15) is 16.1 Å². The molecule has 0 aliphatic rings. The summed E-state index contributed by atoms with van der Waals surface area (Å²) in [5.74, 6) is 0.524. The molecule has 1 heterocycles. The number of carbonyl (C=O) groups excluding carboxylic acids is 1.